The Morgan fingerprint density at radius 2 is 2.45 bits per heavy atom. The molecule has 1 heterocycles. The lowest BCUT2D eigenvalue weighted by atomic mass is 10.2. The molecule has 0 spiro atoms. The second-order valence-corrected chi connectivity index (χ2v) is 3.04. The van der Waals surface area contributed by atoms with Crippen LogP contribution in [0.5, 0.6) is 0 Å². The van der Waals surface area contributed by atoms with E-state index >= 15 is 0 Å². The molecule has 2 N–H and O–H groups in total. The number of amides is 1. The molecule has 0 unspecified atom stereocenters. The van der Waals surface area contributed by atoms with Crippen molar-refractivity contribution in [2.45, 2.75) is 25.4 Å². The lowest BCUT2D eigenvalue weighted by Gasteiger charge is -2.18. The van der Waals surface area contributed by atoms with Crippen molar-refractivity contribution in [1.29, 1.82) is 0 Å². The molecule has 1 saturated heterocycles. The van der Waals surface area contributed by atoms with Gasteiger partial charge in [-0.05, 0) is 19.4 Å². The van der Waals surface area contributed by atoms with Crippen LogP contribution >= 0.6 is 0 Å². The highest BCUT2D eigenvalue weighted by Gasteiger charge is 2.28. The van der Waals surface area contributed by atoms with Gasteiger partial charge in [0.2, 0.25) is 5.91 Å². The van der Waals surface area contributed by atoms with Crippen LogP contribution in [0.15, 0.2) is 12.7 Å². The van der Waals surface area contributed by atoms with Gasteiger partial charge in [-0.2, -0.15) is 0 Å². The van der Waals surface area contributed by atoms with Crippen molar-refractivity contribution in [3.05, 3.63) is 12.7 Å². The van der Waals surface area contributed by atoms with E-state index in [1.807, 2.05) is 6.92 Å². The summed E-state index contributed by atoms with van der Waals surface area (Å²) < 4.78 is 0. The Labute approximate surface area is 66.9 Å². The summed E-state index contributed by atoms with van der Waals surface area (Å²) in [5, 5.41) is 0. The van der Waals surface area contributed by atoms with Crippen molar-refractivity contribution < 1.29 is 4.79 Å². The number of carbonyl (C=O) groups is 1. The Balaban J connectivity index is 2.59. The van der Waals surface area contributed by atoms with Crippen LogP contribution in [0.2, 0.25) is 0 Å². The molecule has 0 aromatic carbocycles. The predicted molar refractivity (Wildman–Crippen MR) is 44.0 cm³/mol. The maximum Gasteiger partial charge on any atom is 0.246 e. The van der Waals surface area contributed by atoms with E-state index in [2.05, 4.69) is 6.58 Å². The molecular weight excluding hydrogens is 140 g/mol. The zero-order chi connectivity index (χ0) is 8.43. The summed E-state index contributed by atoms with van der Waals surface area (Å²) in [5.74, 6) is -0.00884. The minimum Gasteiger partial charge on any atom is -0.335 e. The van der Waals surface area contributed by atoms with Gasteiger partial charge in [-0.1, -0.05) is 6.58 Å². The number of hydrogen-bond acceptors (Lipinski definition) is 2. The summed E-state index contributed by atoms with van der Waals surface area (Å²) in [4.78, 5) is 12.9. The third-order valence-electron chi connectivity index (χ3n) is 2.06. The van der Waals surface area contributed by atoms with Crippen molar-refractivity contribution in [3.8, 4) is 0 Å². The SMILES string of the molecule is C=CC(=O)N1C[C@@H](N)C[C@@H]1C. The molecule has 1 fully saturated rings. The molecule has 1 aliphatic rings. The molecule has 1 rings (SSSR count). The molecule has 3 nitrogen and oxygen atoms in total. The van der Waals surface area contributed by atoms with E-state index in [1.54, 1.807) is 4.90 Å². The van der Waals surface area contributed by atoms with Gasteiger partial charge in [0, 0.05) is 18.6 Å². The first-order chi connectivity index (χ1) is 5.15. The standard InChI is InChI=1S/C8H14N2O/c1-3-8(11)10-5-7(9)4-6(10)2/h3,6-7H,1,4-5,9H2,2H3/t6-,7-/m0/s1. The van der Waals surface area contributed by atoms with E-state index in [9.17, 15) is 4.79 Å². The highest BCUT2D eigenvalue weighted by atomic mass is 16.2. The summed E-state index contributed by atoms with van der Waals surface area (Å²) in [7, 11) is 0. The van der Waals surface area contributed by atoms with Gasteiger partial charge in [0.15, 0.2) is 0 Å². The summed E-state index contributed by atoms with van der Waals surface area (Å²) in [6, 6.07) is 0.421. The van der Waals surface area contributed by atoms with Gasteiger partial charge in [0.25, 0.3) is 0 Å². The minimum atomic E-state index is -0.00884. The van der Waals surface area contributed by atoms with Crippen LogP contribution in [0.3, 0.4) is 0 Å². The van der Waals surface area contributed by atoms with Crippen LogP contribution in [0.1, 0.15) is 13.3 Å². The highest BCUT2D eigenvalue weighted by Crippen LogP contribution is 2.15. The lowest BCUT2D eigenvalue weighted by molar-refractivity contribution is -0.126. The molecule has 3 heteroatoms. The zero-order valence-electron chi connectivity index (χ0n) is 6.79. The quantitative estimate of drug-likeness (QED) is 0.545. The monoisotopic (exact) mass is 154 g/mol. The fourth-order valence-electron chi connectivity index (χ4n) is 1.50. The van der Waals surface area contributed by atoms with Gasteiger partial charge in [-0.3, -0.25) is 4.79 Å². The topological polar surface area (TPSA) is 46.3 Å². The largest absolute Gasteiger partial charge is 0.335 e. The summed E-state index contributed by atoms with van der Waals surface area (Å²) in [5.41, 5.74) is 5.68. The zero-order valence-corrected chi connectivity index (χ0v) is 6.79. The molecule has 0 aromatic rings. The van der Waals surface area contributed by atoms with Gasteiger partial charge in [0.1, 0.15) is 0 Å². The normalized spacial score (nSPS) is 30.5. The van der Waals surface area contributed by atoms with E-state index in [0.29, 0.717) is 6.54 Å². The number of nitrogens with zero attached hydrogens (tertiary/aromatic N) is 1. The van der Waals surface area contributed by atoms with E-state index in [4.69, 9.17) is 5.73 Å². The Morgan fingerprint density at radius 1 is 1.82 bits per heavy atom. The van der Waals surface area contributed by atoms with Gasteiger partial charge >= 0.3 is 0 Å². The van der Waals surface area contributed by atoms with Gasteiger partial charge < -0.3 is 10.6 Å². The second-order valence-electron chi connectivity index (χ2n) is 3.04. The molecular formula is C8H14N2O. The van der Waals surface area contributed by atoms with Crippen molar-refractivity contribution in [2.75, 3.05) is 6.54 Å². The average molecular weight is 154 g/mol. The Kier molecular flexibility index (Phi) is 2.29. The molecule has 0 bridgehead atoms. The van der Waals surface area contributed by atoms with Crippen LogP contribution in [-0.2, 0) is 4.79 Å². The summed E-state index contributed by atoms with van der Waals surface area (Å²) in [6.07, 6.45) is 2.24. The fraction of sp³-hybridized carbons (Fsp3) is 0.625. The smallest absolute Gasteiger partial charge is 0.246 e. The molecule has 0 aromatic heterocycles. The molecule has 1 aliphatic heterocycles. The number of rotatable bonds is 1. The van der Waals surface area contributed by atoms with Crippen molar-refractivity contribution in [1.82, 2.24) is 4.90 Å². The Hall–Kier alpha value is -0.830. The number of carbonyl (C=O) groups excluding carboxylic acids is 1. The predicted octanol–water partition coefficient (Wildman–Crippen LogP) is 0.120. The molecule has 62 valence electrons. The van der Waals surface area contributed by atoms with Crippen LogP contribution in [-0.4, -0.2) is 29.4 Å². The fourth-order valence-corrected chi connectivity index (χ4v) is 1.50. The molecule has 11 heavy (non-hydrogen) atoms. The molecule has 2 atom stereocenters. The van der Waals surface area contributed by atoms with Gasteiger partial charge in [-0.25, -0.2) is 0 Å². The third kappa shape index (κ3) is 1.60. The first-order valence-corrected chi connectivity index (χ1v) is 3.83. The third-order valence-corrected chi connectivity index (χ3v) is 2.06. The van der Waals surface area contributed by atoms with E-state index in [1.165, 1.54) is 6.08 Å². The highest BCUT2D eigenvalue weighted by molar-refractivity contribution is 5.87. The van der Waals surface area contributed by atoms with Crippen molar-refractivity contribution in [2.24, 2.45) is 5.73 Å². The molecule has 1 amide bonds. The second kappa shape index (κ2) is 3.05. The van der Waals surface area contributed by atoms with Crippen LogP contribution in [0.4, 0.5) is 0 Å². The first kappa shape index (κ1) is 8.27. The van der Waals surface area contributed by atoms with E-state index in [-0.39, 0.29) is 18.0 Å². The van der Waals surface area contributed by atoms with E-state index < -0.39 is 0 Å². The lowest BCUT2D eigenvalue weighted by Crippen LogP contribution is -2.33. The maximum absolute atomic E-state index is 11.1. The summed E-state index contributed by atoms with van der Waals surface area (Å²) in [6.45, 7) is 6.11. The number of nitrogens with two attached hydrogens (primary N) is 1. The van der Waals surface area contributed by atoms with Crippen molar-refractivity contribution >= 4 is 5.91 Å². The summed E-state index contributed by atoms with van der Waals surface area (Å²) >= 11 is 0. The Morgan fingerprint density at radius 3 is 2.82 bits per heavy atom. The minimum absolute atomic E-state index is 0.00884. The number of hydrogen-bond donors (Lipinski definition) is 1. The van der Waals surface area contributed by atoms with Gasteiger partial charge in [0.05, 0.1) is 0 Å². The van der Waals surface area contributed by atoms with Crippen LogP contribution < -0.4 is 5.73 Å². The van der Waals surface area contributed by atoms with Crippen LogP contribution in [0, 0.1) is 0 Å². The average Bonchev–Trinajstić information content (AvgIpc) is 2.28. The molecule has 0 aliphatic carbocycles. The molecule has 0 radical (unpaired) electrons. The van der Waals surface area contributed by atoms with Gasteiger partial charge in [-0.15, -0.1) is 0 Å². The maximum atomic E-state index is 11.1. The number of likely N-dealkylation sites (tertiary alicyclic amines) is 1. The first-order valence-electron chi connectivity index (χ1n) is 3.83. The van der Waals surface area contributed by atoms with E-state index in [0.717, 1.165) is 6.42 Å². The Bertz CT molecular complexity index is 179. The van der Waals surface area contributed by atoms with Crippen LogP contribution in [0.25, 0.3) is 0 Å². The molecule has 0 saturated carbocycles. The van der Waals surface area contributed by atoms with Crippen molar-refractivity contribution in [3.63, 3.8) is 0 Å².